The SMILES string of the molecule is N#Cc1ccc(CN2CCN(CC(=O)Nc3cccc(F)c3)CC2)cc1. The number of piperazine rings is 1. The lowest BCUT2D eigenvalue weighted by Gasteiger charge is -2.34. The van der Waals surface area contributed by atoms with Crippen molar-refractivity contribution in [2.75, 3.05) is 38.0 Å². The number of nitrogens with zero attached hydrogens (tertiary/aromatic N) is 3. The molecule has 1 heterocycles. The van der Waals surface area contributed by atoms with Crippen LogP contribution in [0.3, 0.4) is 0 Å². The van der Waals surface area contributed by atoms with Crippen LogP contribution < -0.4 is 5.32 Å². The zero-order valence-electron chi connectivity index (χ0n) is 14.5. The Morgan fingerprint density at radius 1 is 1.08 bits per heavy atom. The molecule has 1 aliphatic heterocycles. The first kappa shape index (κ1) is 18.1. The van der Waals surface area contributed by atoms with E-state index in [2.05, 4.69) is 21.2 Å². The lowest BCUT2D eigenvalue weighted by molar-refractivity contribution is -0.117. The van der Waals surface area contributed by atoms with Gasteiger partial charge < -0.3 is 5.32 Å². The van der Waals surface area contributed by atoms with Crippen molar-refractivity contribution < 1.29 is 9.18 Å². The third-order valence-corrected chi connectivity index (χ3v) is 4.43. The monoisotopic (exact) mass is 352 g/mol. The van der Waals surface area contributed by atoms with Gasteiger partial charge in [-0.25, -0.2) is 4.39 Å². The highest BCUT2D eigenvalue weighted by molar-refractivity contribution is 5.92. The van der Waals surface area contributed by atoms with Crippen LogP contribution in [-0.2, 0) is 11.3 Å². The van der Waals surface area contributed by atoms with E-state index in [1.165, 1.54) is 17.7 Å². The van der Waals surface area contributed by atoms with E-state index < -0.39 is 0 Å². The second-order valence-electron chi connectivity index (χ2n) is 6.42. The maximum absolute atomic E-state index is 13.2. The topological polar surface area (TPSA) is 59.4 Å². The Morgan fingerprint density at radius 2 is 1.77 bits per heavy atom. The quantitative estimate of drug-likeness (QED) is 0.898. The molecule has 1 aliphatic rings. The number of carbonyl (C=O) groups excluding carboxylic acids is 1. The number of amides is 1. The molecule has 0 bridgehead atoms. The molecule has 1 fully saturated rings. The molecule has 0 aliphatic carbocycles. The van der Waals surface area contributed by atoms with Crippen LogP contribution in [0.5, 0.6) is 0 Å². The third-order valence-electron chi connectivity index (χ3n) is 4.43. The number of nitrogens with one attached hydrogen (secondary N) is 1. The van der Waals surface area contributed by atoms with Crippen molar-refractivity contribution in [1.29, 1.82) is 5.26 Å². The van der Waals surface area contributed by atoms with E-state index in [-0.39, 0.29) is 11.7 Å². The van der Waals surface area contributed by atoms with Crippen LogP contribution in [0.25, 0.3) is 0 Å². The number of rotatable bonds is 5. The summed E-state index contributed by atoms with van der Waals surface area (Å²) in [5.74, 6) is -0.490. The Balaban J connectivity index is 1.43. The number of anilines is 1. The van der Waals surface area contributed by atoms with Gasteiger partial charge in [0.2, 0.25) is 5.91 Å². The minimum atomic E-state index is -0.362. The van der Waals surface area contributed by atoms with Gasteiger partial charge in [-0.15, -0.1) is 0 Å². The first-order chi connectivity index (χ1) is 12.6. The number of hydrogen-bond donors (Lipinski definition) is 1. The summed E-state index contributed by atoms with van der Waals surface area (Å²) in [5, 5.41) is 11.6. The van der Waals surface area contributed by atoms with E-state index in [9.17, 15) is 9.18 Å². The van der Waals surface area contributed by atoms with Gasteiger partial charge in [-0.05, 0) is 35.9 Å². The average molecular weight is 352 g/mol. The fourth-order valence-corrected chi connectivity index (χ4v) is 3.02. The average Bonchev–Trinajstić information content (AvgIpc) is 2.64. The molecule has 3 rings (SSSR count). The molecule has 0 atom stereocenters. The van der Waals surface area contributed by atoms with Crippen LogP contribution in [-0.4, -0.2) is 48.4 Å². The molecular formula is C20H21FN4O. The van der Waals surface area contributed by atoms with Crippen LogP contribution in [0.15, 0.2) is 48.5 Å². The predicted octanol–water partition coefficient (Wildman–Crippen LogP) is 2.45. The molecule has 5 nitrogen and oxygen atoms in total. The highest BCUT2D eigenvalue weighted by atomic mass is 19.1. The van der Waals surface area contributed by atoms with Gasteiger partial charge >= 0.3 is 0 Å². The van der Waals surface area contributed by atoms with Crippen molar-refractivity contribution in [1.82, 2.24) is 9.80 Å². The molecule has 1 N–H and O–H groups in total. The Hall–Kier alpha value is -2.75. The molecule has 1 amide bonds. The van der Waals surface area contributed by atoms with Gasteiger partial charge in [0.1, 0.15) is 5.82 Å². The molecule has 0 saturated carbocycles. The van der Waals surface area contributed by atoms with Crippen molar-refractivity contribution in [2.45, 2.75) is 6.54 Å². The molecule has 0 spiro atoms. The van der Waals surface area contributed by atoms with Crippen LogP contribution in [0.1, 0.15) is 11.1 Å². The van der Waals surface area contributed by atoms with Gasteiger partial charge in [0.25, 0.3) is 0 Å². The number of halogens is 1. The van der Waals surface area contributed by atoms with Crippen LogP contribution in [0, 0.1) is 17.1 Å². The van der Waals surface area contributed by atoms with Gasteiger partial charge in [-0.2, -0.15) is 5.26 Å². The molecule has 6 heteroatoms. The summed E-state index contributed by atoms with van der Waals surface area (Å²) in [7, 11) is 0. The smallest absolute Gasteiger partial charge is 0.238 e. The molecule has 2 aromatic carbocycles. The first-order valence-corrected chi connectivity index (χ1v) is 8.61. The summed E-state index contributed by atoms with van der Waals surface area (Å²) >= 11 is 0. The van der Waals surface area contributed by atoms with E-state index >= 15 is 0 Å². The maximum atomic E-state index is 13.2. The summed E-state index contributed by atoms with van der Waals surface area (Å²) in [4.78, 5) is 16.5. The van der Waals surface area contributed by atoms with Gasteiger partial charge in [-0.1, -0.05) is 18.2 Å². The summed E-state index contributed by atoms with van der Waals surface area (Å²) in [6, 6.07) is 15.7. The molecule has 26 heavy (non-hydrogen) atoms. The second-order valence-corrected chi connectivity index (χ2v) is 6.42. The van der Waals surface area contributed by atoms with Crippen molar-refractivity contribution in [3.63, 3.8) is 0 Å². The molecule has 0 aromatic heterocycles. The predicted molar refractivity (Wildman–Crippen MR) is 97.9 cm³/mol. The summed E-state index contributed by atoms with van der Waals surface area (Å²) in [5.41, 5.74) is 2.33. The minimum absolute atomic E-state index is 0.129. The van der Waals surface area contributed by atoms with E-state index in [1.54, 1.807) is 12.1 Å². The Kier molecular flexibility index (Phi) is 5.95. The second kappa shape index (κ2) is 8.56. The first-order valence-electron chi connectivity index (χ1n) is 8.61. The van der Waals surface area contributed by atoms with Crippen molar-refractivity contribution in [2.24, 2.45) is 0 Å². The van der Waals surface area contributed by atoms with Crippen molar-refractivity contribution >= 4 is 11.6 Å². The van der Waals surface area contributed by atoms with Gasteiger partial charge in [-0.3, -0.25) is 14.6 Å². The zero-order chi connectivity index (χ0) is 18.4. The fraction of sp³-hybridized carbons (Fsp3) is 0.300. The van der Waals surface area contributed by atoms with E-state index in [4.69, 9.17) is 5.26 Å². The largest absolute Gasteiger partial charge is 0.325 e. The van der Waals surface area contributed by atoms with Gasteiger partial charge in [0, 0.05) is 38.4 Å². The van der Waals surface area contributed by atoms with Crippen molar-refractivity contribution in [3.05, 3.63) is 65.5 Å². The highest BCUT2D eigenvalue weighted by Crippen LogP contribution is 2.11. The molecule has 1 saturated heterocycles. The number of carbonyl (C=O) groups is 1. The molecule has 0 unspecified atom stereocenters. The molecule has 0 radical (unpaired) electrons. The minimum Gasteiger partial charge on any atom is -0.325 e. The Morgan fingerprint density at radius 3 is 2.42 bits per heavy atom. The highest BCUT2D eigenvalue weighted by Gasteiger charge is 2.19. The summed E-state index contributed by atoms with van der Waals surface area (Å²) < 4.78 is 13.2. The summed E-state index contributed by atoms with van der Waals surface area (Å²) in [6.45, 7) is 4.54. The fourth-order valence-electron chi connectivity index (χ4n) is 3.02. The number of hydrogen-bond acceptors (Lipinski definition) is 4. The molecular weight excluding hydrogens is 331 g/mol. The normalized spacial score (nSPS) is 15.4. The van der Waals surface area contributed by atoms with Crippen LogP contribution in [0.2, 0.25) is 0 Å². The molecule has 134 valence electrons. The Bertz CT molecular complexity index is 792. The van der Waals surface area contributed by atoms with Crippen LogP contribution >= 0.6 is 0 Å². The van der Waals surface area contributed by atoms with E-state index in [1.807, 2.05) is 24.3 Å². The third kappa shape index (κ3) is 5.12. The summed E-state index contributed by atoms with van der Waals surface area (Å²) in [6.07, 6.45) is 0. The van der Waals surface area contributed by atoms with Gasteiger partial charge in [0.05, 0.1) is 18.2 Å². The van der Waals surface area contributed by atoms with E-state index in [0.717, 1.165) is 32.7 Å². The maximum Gasteiger partial charge on any atom is 0.238 e. The number of benzene rings is 2. The lowest BCUT2D eigenvalue weighted by Crippen LogP contribution is -2.48. The Labute approximate surface area is 152 Å². The zero-order valence-corrected chi connectivity index (χ0v) is 14.5. The standard InChI is InChI=1S/C20H21FN4O/c21-18-2-1-3-19(12-18)23-20(26)15-25-10-8-24(9-11-25)14-17-6-4-16(13-22)5-7-17/h1-7,12H,8-11,14-15H2,(H,23,26). The van der Waals surface area contributed by atoms with E-state index in [0.29, 0.717) is 17.8 Å². The number of nitriles is 1. The van der Waals surface area contributed by atoms with Crippen LogP contribution in [0.4, 0.5) is 10.1 Å². The molecule has 2 aromatic rings. The van der Waals surface area contributed by atoms with Crippen molar-refractivity contribution in [3.8, 4) is 6.07 Å². The lowest BCUT2D eigenvalue weighted by atomic mass is 10.1. The van der Waals surface area contributed by atoms with Gasteiger partial charge in [0.15, 0.2) is 0 Å².